The van der Waals surface area contributed by atoms with Crippen molar-refractivity contribution in [1.82, 2.24) is 4.98 Å². The van der Waals surface area contributed by atoms with Crippen LogP contribution in [0.5, 0.6) is 5.88 Å². The maximum absolute atomic E-state index is 5.01. The highest BCUT2D eigenvalue weighted by Crippen LogP contribution is 2.14. The van der Waals surface area contributed by atoms with Gasteiger partial charge in [-0.1, -0.05) is 6.07 Å². The topological polar surface area (TPSA) is 57.4 Å². The monoisotopic (exact) mass is 168 g/mol. The van der Waals surface area contributed by atoms with Crippen molar-refractivity contribution >= 4 is 0 Å². The molecule has 4 nitrogen and oxygen atoms in total. The summed E-state index contributed by atoms with van der Waals surface area (Å²) in [4.78, 5) is 8.75. The van der Waals surface area contributed by atoms with Crippen LogP contribution in [0, 0.1) is 0 Å². The van der Waals surface area contributed by atoms with Gasteiger partial charge in [0.25, 0.3) is 0 Å². The number of methoxy groups -OCH3 is 1. The van der Waals surface area contributed by atoms with Crippen molar-refractivity contribution in [2.24, 2.45) is 5.90 Å². The molecule has 12 heavy (non-hydrogen) atoms. The predicted molar refractivity (Wildman–Crippen MR) is 44.5 cm³/mol. The Morgan fingerprint density at radius 1 is 1.50 bits per heavy atom. The molecule has 0 aliphatic heterocycles. The van der Waals surface area contributed by atoms with Gasteiger partial charge in [0.1, 0.15) is 6.10 Å². The van der Waals surface area contributed by atoms with E-state index in [4.69, 9.17) is 10.6 Å². The molecule has 1 unspecified atom stereocenters. The minimum Gasteiger partial charge on any atom is -0.481 e. The maximum atomic E-state index is 5.01. The quantitative estimate of drug-likeness (QED) is 0.685. The molecule has 1 heterocycles. The van der Waals surface area contributed by atoms with Gasteiger partial charge in [0.15, 0.2) is 0 Å². The van der Waals surface area contributed by atoms with Crippen LogP contribution >= 0.6 is 0 Å². The number of hydrogen-bond donors (Lipinski definition) is 1. The fourth-order valence-corrected chi connectivity index (χ4v) is 0.841. The molecular weight excluding hydrogens is 156 g/mol. The minimum atomic E-state index is -0.208. The lowest BCUT2D eigenvalue weighted by atomic mass is 10.2. The van der Waals surface area contributed by atoms with E-state index in [9.17, 15) is 0 Å². The van der Waals surface area contributed by atoms with Gasteiger partial charge >= 0.3 is 0 Å². The smallest absolute Gasteiger partial charge is 0.213 e. The second-order valence-corrected chi connectivity index (χ2v) is 2.38. The molecule has 0 amide bonds. The first-order valence-electron chi connectivity index (χ1n) is 3.64. The SMILES string of the molecule is COc1cccc(C(C)ON)n1. The predicted octanol–water partition coefficient (Wildman–Crippen LogP) is 1.04. The summed E-state index contributed by atoms with van der Waals surface area (Å²) in [7, 11) is 1.57. The molecule has 66 valence electrons. The zero-order valence-corrected chi connectivity index (χ0v) is 7.15. The lowest BCUT2D eigenvalue weighted by molar-refractivity contribution is 0.0630. The van der Waals surface area contributed by atoms with Gasteiger partial charge in [-0.15, -0.1) is 0 Å². The molecule has 1 rings (SSSR count). The molecule has 1 atom stereocenters. The molecule has 0 fully saturated rings. The molecule has 0 aliphatic carbocycles. The molecule has 0 saturated heterocycles. The Morgan fingerprint density at radius 2 is 2.25 bits per heavy atom. The fourth-order valence-electron chi connectivity index (χ4n) is 0.841. The largest absolute Gasteiger partial charge is 0.481 e. The van der Waals surface area contributed by atoms with Crippen molar-refractivity contribution in [2.75, 3.05) is 7.11 Å². The first-order chi connectivity index (χ1) is 5.77. The number of ether oxygens (including phenoxy) is 1. The van der Waals surface area contributed by atoms with E-state index in [1.807, 2.05) is 19.1 Å². The molecule has 1 aromatic rings. The van der Waals surface area contributed by atoms with E-state index in [2.05, 4.69) is 9.82 Å². The molecule has 0 bridgehead atoms. The highest BCUT2D eigenvalue weighted by Gasteiger charge is 2.05. The number of aromatic nitrogens is 1. The minimum absolute atomic E-state index is 0.208. The van der Waals surface area contributed by atoms with E-state index >= 15 is 0 Å². The van der Waals surface area contributed by atoms with Crippen LogP contribution in [0.2, 0.25) is 0 Å². The molecule has 0 aromatic carbocycles. The lowest BCUT2D eigenvalue weighted by Crippen LogP contribution is -2.07. The molecule has 1 aromatic heterocycles. The average Bonchev–Trinajstić information content (AvgIpc) is 2.17. The van der Waals surface area contributed by atoms with Gasteiger partial charge in [-0.3, -0.25) is 4.84 Å². The van der Waals surface area contributed by atoms with Crippen molar-refractivity contribution < 1.29 is 9.57 Å². The van der Waals surface area contributed by atoms with Crippen LogP contribution in [-0.4, -0.2) is 12.1 Å². The van der Waals surface area contributed by atoms with E-state index in [1.54, 1.807) is 13.2 Å². The first kappa shape index (κ1) is 8.96. The fraction of sp³-hybridized carbons (Fsp3) is 0.375. The van der Waals surface area contributed by atoms with Crippen LogP contribution in [-0.2, 0) is 4.84 Å². The number of nitrogens with two attached hydrogens (primary N) is 1. The van der Waals surface area contributed by atoms with Crippen LogP contribution in [0.1, 0.15) is 18.7 Å². The van der Waals surface area contributed by atoms with Crippen LogP contribution < -0.4 is 10.6 Å². The number of nitrogens with zero attached hydrogens (tertiary/aromatic N) is 1. The van der Waals surface area contributed by atoms with Crippen molar-refractivity contribution in [3.8, 4) is 5.88 Å². The zero-order chi connectivity index (χ0) is 8.97. The average molecular weight is 168 g/mol. The van der Waals surface area contributed by atoms with Gasteiger partial charge in [0, 0.05) is 6.07 Å². The van der Waals surface area contributed by atoms with E-state index in [0.717, 1.165) is 5.69 Å². The van der Waals surface area contributed by atoms with Crippen LogP contribution in [0.3, 0.4) is 0 Å². The van der Waals surface area contributed by atoms with Gasteiger partial charge in [0.05, 0.1) is 12.8 Å². The van der Waals surface area contributed by atoms with E-state index < -0.39 is 0 Å². The number of rotatable bonds is 3. The molecule has 4 heteroatoms. The number of hydrogen-bond acceptors (Lipinski definition) is 4. The maximum Gasteiger partial charge on any atom is 0.213 e. The molecule has 2 N–H and O–H groups in total. The van der Waals surface area contributed by atoms with Gasteiger partial charge < -0.3 is 4.74 Å². The number of pyridine rings is 1. The summed E-state index contributed by atoms with van der Waals surface area (Å²) >= 11 is 0. The van der Waals surface area contributed by atoms with Gasteiger partial charge in [0.2, 0.25) is 5.88 Å². The van der Waals surface area contributed by atoms with Gasteiger partial charge in [-0.05, 0) is 13.0 Å². The van der Waals surface area contributed by atoms with E-state index in [-0.39, 0.29) is 6.10 Å². The molecular formula is C8H12N2O2. The lowest BCUT2D eigenvalue weighted by Gasteiger charge is -2.08. The molecule has 0 spiro atoms. The third-order valence-corrected chi connectivity index (χ3v) is 1.57. The summed E-state index contributed by atoms with van der Waals surface area (Å²) in [6, 6.07) is 5.45. The zero-order valence-electron chi connectivity index (χ0n) is 7.15. The van der Waals surface area contributed by atoms with E-state index in [1.165, 1.54) is 0 Å². The second-order valence-electron chi connectivity index (χ2n) is 2.38. The third-order valence-electron chi connectivity index (χ3n) is 1.57. The Labute approximate surface area is 71.3 Å². The Hall–Kier alpha value is -1.13. The summed E-state index contributed by atoms with van der Waals surface area (Å²) in [6.07, 6.45) is -0.208. The van der Waals surface area contributed by atoms with Crippen molar-refractivity contribution in [1.29, 1.82) is 0 Å². The standard InChI is InChI=1S/C8H12N2O2/c1-6(12-9)7-4-3-5-8(10-7)11-2/h3-6H,9H2,1-2H3. The van der Waals surface area contributed by atoms with Crippen LogP contribution in [0.4, 0.5) is 0 Å². The summed E-state index contributed by atoms with van der Waals surface area (Å²) in [5.41, 5.74) is 0.761. The highest BCUT2D eigenvalue weighted by molar-refractivity contribution is 5.16. The van der Waals surface area contributed by atoms with Gasteiger partial charge in [-0.2, -0.15) is 0 Å². The first-order valence-corrected chi connectivity index (χ1v) is 3.64. The third kappa shape index (κ3) is 1.93. The second kappa shape index (κ2) is 4.04. The van der Waals surface area contributed by atoms with E-state index in [0.29, 0.717) is 5.88 Å². The normalized spacial score (nSPS) is 12.6. The summed E-state index contributed by atoms with van der Waals surface area (Å²) < 4.78 is 4.94. The van der Waals surface area contributed by atoms with Crippen molar-refractivity contribution in [2.45, 2.75) is 13.0 Å². The summed E-state index contributed by atoms with van der Waals surface area (Å²) in [5, 5.41) is 0. The Bertz CT molecular complexity index is 253. The molecule has 0 saturated carbocycles. The molecule has 0 radical (unpaired) electrons. The van der Waals surface area contributed by atoms with Crippen molar-refractivity contribution in [3.05, 3.63) is 23.9 Å². The van der Waals surface area contributed by atoms with Crippen LogP contribution in [0.15, 0.2) is 18.2 Å². The summed E-state index contributed by atoms with van der Waals surface area (Å²) in [5.74, 6) is 5.58. The Morgan fingerprint density at radius 3 is 2.83 bits per heavy atom. The Kier molecular flexibility index (Phi) is 3.01. The Balaban J connectivity index is 2.86. The summed E-state index contributed by atoms with van der Waals surface area (Å²) in [6.45, 7) is 1.82. The highest BCUT2D eigenvalue weighted by atomic mass is 16.6. The van der Waals surface area contributed by atoms with Crippen LogP contribution in [0.25, 0.3) is 0 Å². The van der Waals surface area contributed by atoms with Crippen molar-refractivity contribution in [3.63, 3.8) is 0 Å². The molecule has 0 aliphatic rings. The van der Waals surface area contributed by atoms with Gasteiger partial charge in [-0.25, -0.2) is 10.9 Å².